The Morgan fingerprint density at radius 3 is 2.72 bits per heavy atom. The summed E-state index contributed by atoms with van der Waals surface area (Å²) in [6.45, 7) is 4.90. The van der Waals surface area contributed by atoms with Gasteiger partial charge in [0.05, 0.1) is 32.8 Å². The van der Waals surface area contributed by atoms with Crippen LogP contribution in [0.4, 0.5) is 10.3 Å². The summed E-state index contributed by atoms with van der Waals surface area (Å²) in [6, 6.07) is 3.65. The number of benzene rings is 1. The first-order valence-electron chi connectivity index (χ1n) is 12.1. The topological polar surface area (TPSA) is 182 Å². The van der Waals surface area contributed by atoms with Crippen molar-refractivity contribution >= 4 is 30.8 Å². The van der Waals surface area contributed by atoms with Gasteiger partial charge in [0.1, 0.15) is 29.9 Å². The number of hydrogen-bond acceptors (Lipinski definition) is 12. The lowest BCUT2D eigenvalue weighted by molar-refractivity contribution is -0.142. The number of carbonyl (C=O) groups is 1. The molecular weight excluding hydrogens is 538 g/mol. The van der Waals surface area contributed by atoms with E-state index in [2.05, 4.69) is 24.8 Å². The Balaban J connectivity index is 1.54. The zero-order valence-corrected chi connectivity index (χ0v) is 22.6. The highest BCUT2D eigenvalue weighted by Crippen LogP contribution is 2.46. The number of rotatable bonds is 11. The Kier molecular flexibility index (Phi) is 8.67. The molecule has 1 saturated heterocycles. The summed E-state index contributed by atoms with van der Waals surface area (Å²) in [6.07, 6.45) is -1.30. The molecule has 3 heterocycles. The van der Waals surface area contributed by atoms with Crippen LogP contribution in [0.3, 0.4) is 0 Å². The van der Waals surface area contributed by atoms with Gasteiger partial charge in [-0.1, -0.05) is 6.92 Å². The quantitative estimate of drug-likeness (QED) is 0.226. The van der Waals surface area contributed by atoms with E-state index in [9.17, 15) is 18.9 Å². The van der Waals surface area contributed by atoms with E-state index in [1.165, 1.54) is 32.5 Å². The van der Waals surface area contributed by atoms with Gasteiger partial charge in [0, 0.05) is 5.92 Å². The minimum absolute atomic E-state index is 0.0238. The molecule has 1 fully saturated rings. The number of imidazole rings is 1. The normalized spacial score (nSPS) is 23.3. The number of halogens is 1. The van der Waals surface area contributed by atoms with E-state index >= 15 is 0 Å². The number of methoxy groups -OCH3 is 1. The second-order valence-corrected chi connectivity index (χ2v) is 10.5. The number of nitrogens with zero attached hydrogens (tertiary/aromatic N) is 4. The average Bonchev–Trinajstić information content (AvgIpc) is 3.44. The molecule has 0 radical (unpaired) electrons. The van der Waals surface area contributed by atoms with E-state index < -0.39 is 56.5 Å². The Morgan fingerprint density at radius 1 is 1.33 bits per heavy atom. The summed E-state index contributed by atoms with van der Waals surface area (Å²) < 4.78 is 55.9. The van der Waals surface area contributed by atoms with E-state index in [0.29, 0.717) is 17.8 Å². The predicted octanol–water partition coefficient (Wildman–Crippen LogP) is 2.20. The highest BCUT2D eigenvalue weighted by molar-refractivity contribution is 7.52. The number of nitrogens with two attached hydrogens (primary N) is 1. The molecule has 3 aromatic rings. The first-order valence-corrected chi connectivity index (χ1v) is 13.6. The number of anilines is 1. The van der Waals surface area contributed by atoms with Crippen LogP contribution < -0.4 is 20.1 Å². The lowest BCUT2D eigenvalue weighted by Gasteiger charge is -2.24. The SMILES string of the molecule is CCOc1nc(N)nc2c1ncn2C1OC(COP(=O)(NC(C)C(=O)OC)Oc2ccc(F)cc2)C(O)C1C. The summed E-state index contributed by atoms with van der Waals surface area (Å²) in [5, 5.41) is 13.4. The third kappa shape index (κ3) is 6.28. The average molecular weight is 568 g/mol. The number of aliphatic hydroxyl groups is 1. The van der Waals surface area contributed by atoms with E-state index in [0.717, 1.165) is 12.1 Å². The predicted molar refractivity (Wildman–Crippen MR) is 135 cm³/mol. The summed E-state index contributed by atoms with van der Waals surface area (Å²) in [5.74, 6) is -1.51. The van der Waals surface area contributed by atoms with E-state index in [-0.39, 0.29) is 17.6 Å². The molecule has 6 unspecified atom stereocenters. The molecule has 4 rings (SSSR count). The number of aliphatic hydroxyl groups excluding tert-OH is 1. The number of fused-ring (bicyclic) bond motifs is 1. The van der Waals surface area contributed by atoms with Crippen molar-refractivity contribution in [1.82, 2.24) is 24.6 Å². The van der Waals surface area contributed by atoms with Crippen molar-refractivity contribution in [3.8, 4) is 11.6 Å². The molecule has 1 aliphatic heterocycles. The zero-order chi connectivity index (χ0) is 28.3. The lowest BCUT2D eigenvalue weighted by Crippen LogP contribution is -2.36. The van der Waals surface area contributed by atoms with Gasteiger partial charge in [-0.25, -0.2) is 13.9 Å². The third-order valence-corrected chi connectivity index (χ3v) is 7.64. The minimum atomic E-state index is -4.26. The molecule has 0 bridgehead atoms. The van der Waals surface area contributed by atoms with Crippen LogP contribution in [0.25, 0.3) is 11.2 Å². The first kappa shape index (κ1) is 28.6. The summed E-state index contributed by atoms with van der Waals surface area (Å²) in [7, 11) is -3.08. The van der Waals surface area contributed by atoms with Gasteiger partial charge >= 0.3 is 13.7 Å². The number of hydrogen-bond donors (Lipinski definition) is 3. The fourth-order valence-corrected chi connectivity index (χ4v) is 5.54. The van der Waals surface area contributed by atoms with Gasteiger partial charge in [0.2, 0.25) is 11.8 Å². The number of nitrogens with one attached hydrogen (secondary N) is 1. The molecule has 2 aromatic heterocycles. The number of aromatic nitrogens is 4. The van der Waals surface area contributed by atoms with E-state index in [1.54, 1.807) is 18.4 Å². The number of carbonyl (C=O) groups excluding carboxylic acids is 1. The molecule has 212 valence electrons. The highest BCUT2D eigenvalue weighted by atomic mass is 31.2. The Labute approximate surface area is 223 Å². The molecule has 14 nitrogen and oxygen atoms in total. The van der Waals surface area contributed by atoms with Crippen molar-refractivity contribution in [2.45, 2.75) is 45.2 Å². The van der Waals surface area contributed by atoms with Gasteiger partial charge in [-0.2, -0.15) is 15.1 Å². The van der Waals surface area contributed by atoms with Gasteiger partial charge in [0.15, 0.2) is 11.2 Å². The third-order valence-electron chi connectivity index (χ3n) is 6.00. The van der Waals surface area contributed by atoms with E-state index in [1.807, 2.05) is 0 Å². The van der Waals surface area contributed by atoms with Crippen LogP contribution in [-0.4, -0.2) is 69.2 Å². The van der Waals surface area contributed by atoms with Crippen molar-refractivity contribution in [2.24, 2.45) is 5.92 Å². The Morgan fingerprint density at radius 2 is 2.05 bits per heavy atom. The molecule has 0 amide bonds. The summed E-state index contributed by atoms with van der Waals surface area (Å²) in [4.78, 5) is 24.6. The van der Waals surface area contributed by atoms with Gasteiger partial charge in [-0.15, -0.1) is 0 Å². The summed E-state index contributed by atoms with van der Waals surface area (Å²) in [5.41, 5.74) is 6.56. The highest BCUT2D eigenvalue weighted by Gasteiger charge is 2.44. The van der Waals surface area contributed by atoms with Crippen molar-refractivity contribution < 1.29 is 42.1 Å². The number of esters is 1. The monoisotopic (exact) mass is 568 g/mol. The first-order chi connectivity index (χ1) is 18.5. The van der Waals surface area contributed by atoms with Crippen molar-refractivity contribution in [3.63, 3.8) is 0 Å². The van der Waals surface area contributed by atoms with Crippen molar-refractivity contribution in [3.05, 3.63) is 36.4 Å². The van der Waals surface area contributed by atoms with Gasteiger partial charge in [-0.05, 0) is 38.1 Å². The van der Waals surface area contributed by atoms with Crippen LogP contribution in [0, 0.1) is 11.7 Å². The molecule has 1 aliphatic rings. The Hall–Kier alpha value is -3.36. The van der Waals surface area contributed by atoms with Crippen LogP contribution in [0.5, 0.6) is 11.6 Å². The fourth-order valence-electron chi connectivity index (χ4n) is 4.04. The van der Waals surface area contributed by atoms with Crippen LogP contribution in [0.2, 0.25) is 0 Å². The van der Waals surface area contributed by atoms with Crippen LogP contribution in [-0.2, 0) is 23.4 Å². The molecular formula is C23H30FN6O8P. The lowest BCUT2D eigenvalue weighted by atomic mass is 10.0. The fraction of sp³-hybridized carbons (Fsp3) is 0.478. The van der Waals surface area contributed by atoms with Gasteiger partial charge in [0.25, 0.3) is 0 Å². The molecule has 4 N–H and O–H groups in total. The zero-order valence-electron chi connectivity index (χ0n) is 21.7. The number of ether oxygens (including phenoxy) is 3. The molecule has 1 aromatic carbocycles. The largest absolute Gasteiger partial charge is 0.476 e. The van der Waals surface area contributed by atoms with Crippen LogP contribution >= 0.6 is 7.75 Å². The molecule has 6 atom stereocenters. The van der Waals surface area contributed by atoms with Crippen molar-refractivity contribution in [1.29, 1.82) is 0 Å². The van der Waals surface area contributed by atoms with Gasteiger partial charge in [-0.3, -0.25) is 13.9 Å². The number of nitrogen functional groups attached to an aromatic ring is 1. The van der Waals surface area contributed by atoms with Crippen LogP contribution in [0.1, 0.15) is 27.0 Å². The smallest absolute Gasteiger partial charge is 0.459 e. The maximum absolute atomic E-state index is 13.6. The molecule has 39 heavy (non-hydrogen) atoms. The second kappa shape index (κ2) is 11.8. The Bertz CT molecular complexity index is 1360. The van der Waals surface area contributed by atoms with Crippen LogP contribution in [0.15, 0.2) is 30.6 Å². The molecule has 0 aliphatic carbocycles. The molecule has 16 heteroatoms. The van der Waals surface area contributed by atoms with Gasteiger partial charge < -0.3 is 29.6 Å². The van der Waals surface area contributed by atoms with Crippen molar-refractivity contribution in [2.75, 3.05) is 26.1 Å². The standard InChI is InChI=1S/C23H30FN6O8P/c1-5-35-20-17-19(27-23(25)28-20)30(11-26-17)21-12(2)18(31)16(37-21)10-36-39(33,29-13(3)22(32)34-4)38-15-8-6-14(24)7-9-15/h6-9,11-13,16,18,21,31H,5,10H2,1-4H3,(H,29,33)(H2,25,27,28). The maximum atomic E-state index is 13.6. The van der Waals surface area contributed by atoms with E-state index in [4.69, 9.17) is 24.3 Å². The minimum Gasteiger partial charge on any atom is -0.476 e. The maximum Gasteiger partial charge on any atom is 0.459 e. The molecule has 0 saturated carbocycles. The summed E-state index contributed by atoms with van der Waals surface area (Å²) >= 11 is 0. The molecule has 0 spiro atoms. The second-order valence-electron chi connectivity index (χ2n) is 8.77.